The fraction of sp³-hybridized carbons (Fsp3) is 0.259. The molecular formula is C27H29BrN2O3. The lowest BCUT2D eigenvalue weighted by molar-refractivity contribution is -0.123. The van der Waals surface area contributed by atoms with E-state index in [1.165, 1.54) is 5.56 Å². The Morgan fingerprint density at radius 1 is 1.06 bits per heavy atom. The van der Waals surface area contributed by atoms with Crippen LogP contribution in [0.15, 0.2) is 82.4 Å². The highest BCUT2D eigenvalue weighted by atomic mass is 79.9. The summed E-state index contributed by atoms with van der Waals surface area (Å²) in [5, 5.41) is 4.05. The van der Waals surface area contributed by atoms with Crippen LogP contribution in [0.1, 0.15) is 49.3 Å². The summed E-state index contributed by atoms with van der Waals surface area (Å²) in [6.07, 6.45) is 3.87. The van der Waals surface area contributed by atoms with Crippen molar-refractivity contribution in [3.8, 4) is 11.5 Å². The SMILES string of the molecule is CCC[C@@H](C)c1ccc(OCC(=O)N/N=C/c2ccccc2OCc2cccc(Br)c2)cc1. The molecule has 6 heteroatoms. The Kier molecular flexibility index (Phi) is 9.51. The van der Waals surface area contributed by atoms with Crippen molar-refractivity contribution < 1.29 is 14.3 Å². The minimum atomic E-state index is -0.331. The first-order valence-electron chi connectivity index (χ1n) is 11.1. The highest BCUT2D eigenvalue weighted by Gasteiger charge is 2.06. The van der Waals surface area contributed by atoms with Gasteiger partial charge in [-0.2, -0.15) is 5.10 Å². The van der Waals surface area contributed by atoms with Crippen molar-refractivity contribution in [3.05, 3.63) is 94.0 Å². The van der Waals surface area contributed by atoms with E-state index in [4.69, 9.17) is 9.47 Å². The highest BCUT2D eigenvalue weighted by molar-refractivity contribution is 9.10. The number of benzene rings is 3. The summed E-state index contributed by atoms with van der Waals surface area (Å²) in [6, 6.07) is 23.4. The average molecular weight is 509 g/mol. The largest absolute Gasteiger partial charge is 0.488 e. The molecule has 3 aromatic carbocycles. The third-order valence-corrected chi connectivity index (χ3v) is 5.63. The Morgan fingerprint density at radius 3 is 2.61 bits per heavy atom. The minimum Gasteiger partial charge on any atom is -0.488 e. The molecule has 0 fully saturated rings. The van der Waals surface area contributed by atoms with Gasteiger partial charge in [0.05, 0.1) is 6.21 Å². The van der Waals surface area contributed by atoms with E-state index in [2.05, 4.69) is 52.4 Å². The molecule has 0 aromatic heterocycles. The molecule has 0 aliphatic rings. The van der Waals surface area contributed by atoms with Gasteiger partial charge in [-0.1, -0.05) is 72.6 Å². The molecule has 33 heavy (non-hydrogen) atoms. The van der Waals surface area contributed by atoms with Gasteiger partial charge in [-0.05, 0) is 59.9 Å². The lowest BCUT2D eigenvalue weighted by Gasteiger charge is -2.11. The van der Waals surface area contributed by atoms with Crippen LogP contribution in [-0.2, 0) is 11.4 Å². The number of nitrogens with one attached hydrogen (secondary N) is 1. The van der Waals surface area contributed by atoms with Crippen LogP contribution < -0.4 is 14.9 Å². The zero-order valence-corrected chi connectivity index (χ0v) is 20.5. The molecule has 0 aliphatic carbocycles. The Balaban J connectivity index is 1.48. The van der Waals surface area contributed by atoms with Gasteiger partial charge in [0.1, 0.15) is 18.1 Å². The average Bonchev–Trinajstić information content (AvgIpc) is 2.82. The van der Waals surface area contributed by atoms with E-state index in [9.17, 15) is 4.79 Å². The van der Waals surface area contributed by atoms with Crippen molar-refractivity contribution in [1.29, 1.82) is 0 Å². The van der Waals surface area contributed by atoms with E-state index in [1.54, 1.807) is 6.21 Å². The number of rotatable bonds is 11. The fourth-order valence-corrected chi connectivity index (χ4v) is 3.80. The van der Waals surface area contributed by atoms with Crippen molar-refractivity contribution in [2.24, 2.45) is 5.10 Å². The molecule has 1 N–H and O–H groups in total. The standard InChI is InChI=1S/C27H29BrN2O3/c1-3-7-20(2)22-12-14-25(15-13-22)32-19-27(31)30-29-17-23-9-4-5-11-26(23)33-18-21-8-6-10-24(28)16-21/h4-6,8-17,20H,3,7,18-19H2,1-2H3,(H,30,31)/b29-17+/t20-/m1/s1. The van der Waals surface area contributed by atoms with Crippen LogP contribution >= 0.6 is 15.9 Å². The summed E-state index contributed by atoms with van der Waals surface area (Å²) in [6.45, 7) is 4.72. The quantitative estimate of drug-likeness (QED) is 0.238. The van der Waals surface area contributed by atoms with Crippen LogP contribution in [0.5, 0.6) is 11.5 Å². The van der Waals surface area contributed by atoms with Gasteiger partial charge < -0.3 is 9.47 Å². The Labute approximate surface area is 204 Å². The van der Waals surface area contributed by atoms with Gasteiger partial charge in [0, 0.05) is 10.0 Å². The van der Waals surface area contributed by atoms with Crippen molar-refractivity contribution in [3.63, 3.8) is 0 Å². The van der Waals surface area contributed by atoms with Crippen LogP contribution in [0, 0.1) is 0 Å². The van der Waals surface area contributed by atoms with Crippen LogP contribution in [0.25, 0.3) is 0 Å². The van der Waals surface area contributed by atoms with Crippen molar-refractivity contribution in [2.75, 3.05) is 6.61 Å². The van der Waals surface area contributed by atoms with Crippen LogP contribution in [0.2, 0.25) is 0 Å². The molecule has 0 saturated carbocycles. The van der Waals surface area contributed by atoms with Gasteiger partial charge in [0.25, 0.3) is 5.91 Å². The molecule has 0 unspecified atom stereocenters. The number of carbonyl (C=O) groups excluding carboxylic acids is 1. The number of hydrazone groups is 1. The molecule has 3 rings (SSSR count). The zero-order chi connectivity index (χ0) is 23.5. The van der Waals surface area contributed by atoms with Gasteiger partial charge in [0.15, 0.2) is 6.61 Å². The summed E-state index contributed by atoms with van der Waals surface area (Å²) >= 11 is 3.47. The van der Waals surface area contributed by atoms with Gasteiger partial charge >= 0.3 is 0 Å². The van der Waals surface area contributed by atoms with Crippen LogP contribution in [0.3, 0.4) is 0 Å². The number of amides is 1. The molecule has 1 amide bonds. The van der Waals surface area contributed by atoms with Crippen molar-refractivity contribution >= 4 is 28.1 Å². The minimum absolute atomic E-state index is 0.109. The first kappa shape index (κ1) is 24.5. The second kappa shape index (κ2) is 12.8. The number of hydrogen-bond acceptors (Lipinski definition) is 4. The summed E-state index contributed by atoms with van der Waals surface area (Å²) in [4.78, 5) is 12.1. The maximum Gasteiger partial charge on any atom is 0.277 e. The van der Waals surface area contributed by atoms with Gasteiger partial charge in [-0.25, -0.2) is 5.43 Å². The molecule has 0 bridgehead atoms. The second-order valence-electron chi connectivity index (χ2n) is 7.80. The lowest BCUT2D eigenvalue weighted by atomic mass is 9.97. The van der Waals surface area contributed by atoms with Crippen molar-refractivity contribution in [1.82, 2.24) is 5.43 Å². The second-order valence-corrected chi connectivity index (χ2v) is 8.71. The fourth-order valence-electron chi connectivity index (χ4n) is 3.35. The number of halogens is 1. The van der Waals surface area contributed by atoms with E-state index in [0.717, 1.165) is 28.4 Å². The van der Waals surface area contributed by atoms with E-state index in [1.807, 2.05) is 60.7 Å². The van der Waals surface area contributed by atoms with Gasteiger partial charge in [-0.3, -0.25) is 4.79 Å². The molecule has 0 spiro atoms. The summed E-state index contributed by atoms with van der Waals surface area (Å²) in [7, 11) is 0. The van der Waals surface area contributed by atoms with E-state index in [-0.39, 0.29) is 12.5 Å². The van der Waals surface area contributed by atoms with Crippen LogP contribution in [0.4, 0.5) is 0 Å². The van der Waals surface area contributed by atoms with E-state index in [0.29, 0.717) is 24.0 Å². The Hall–Kier alpha value is -3.12. The van der Waals surface area contributed by atoms with Gasteiger partial charge in [0.2, 0.25) is 0 Å². The third kappa shape index (κ3) is 8.06. The summed E-state index contributed by atoms with van der Waals surface area (Å²) in [5.74, 6) is 1.53. The number of carbonyl (C=O) groups is 1. The first-order chi connectivity index (χ1) is 16.0. The normalized spacial score (nSPS) is 11.8. The molecule has 1 atom stereocenters. The number of hydrogen-bond donors (Lipinski definition) is 1. The third-order valence-electron chi connectivity index (χ3n) is 5.14. The lowest BCUT2D eigenvalue weighted by Crippen LogP contribution is -2.24. The van der Waals surface area contributed by atoms with Crippen LogP contribution in [-0.4, -0.2) is 18.7 Å². The zero-order valence-electron chi connectivity index (χ0n) is 19.0. The number of para-hydroxylation sites is 1. The molecule has 3 aromatic rings. The maximum atomic E-state index is 12.1. The summed E-state index contributed by atoms with van der Waals surface area (Å²) in [5.41, 5.74) is 5.60. The van der Waals surface area contributed by atoms with E-state index >= 15 is 0 Å². The highest BCUT2D eigenvalue weighted by Crippen LogP contribution is 2.23. The molecular weight excluding hydrogens is 480 g/mol. The first-order valence-corrected chi connectivity index (χ1v) is 11.9. The molecule has 172 valence electrons. The number of ether oxygens (including phenoxy) is 2. The number of nitrogens with zero attached hydrogens (tertiary/aromatic N) is 1. The van der Waals surface area contributed by atoms with Gasteiger partial charge in [-0.15, -0.1) is 0 Å². The van der Waals surface area contributed by atoms with E-state index < -0.39 is 0 Å². The molecule has 0 radical (unpaired) electrons. The van der Waals surface area contributed by atoms with Crippen molar-refractivity contribution in [2.45, 2.75) is 39.2 Å². The molecule has 0 heterocycles. The monoisotopic (exact) mass is 508 g/mol. The Bertz CT molecular complexity index is 1070. The molecule has 5 nitrogen and oxygen atoms in total. The smallest absolute Gasteiger partial charge is 0.277 e. The molecule has 0 saturated heterocycles. The summed E-state index contributed by atoms with van der Waals surface area (Å²) < 4.78 is 12.5. The predicted octanol–water partition coefficient (Wildman–Crippen LogP) is 6.46. The Morgan fingerprint density at radius 2 is 1.85 bits per heavy atom. The topological polar surface area (TPSA) is 59.9 Å². The maximum absolute atomic E-state index is 12.1. The predicted molar refractivity (Wildman–Crippen MR) is 136 cm³/mol. The molecule has 0 aliphatic heterocycles.